The lowest BCUT2D eigenvalue weighted by Crippen LogP contribution is -2.05. The summed E-state index contributed by atoms with van der Waals surface area (Å²) in [5.41, 5.74) is 0.129. The summed E-state index contributed by atoms with van der Waals surface area (Å²) in [5.74, 6) is -0.576. The van der Waals surface area contributed by atoms with Crippen molar-refractivity contribution in [2.24, 2.45) is 0 Å². The van der Waals surface area contributed by atoms with Crippen LogP contribution in [0.15, 0.2) is 12.3 Å². The molecule has 0 radical (unpaired) electrons. The average Bonchev–Trinajstić information content (AvgIpc) is 2.07. The molecule has 0 fully saturated rings. The first kappa shape index (κ1) is 10.1. The summed E-state index contributed by atoms with van der Waals surface area (Å²) in [5, 5.41) is 10.5. The van der Waals surface area contributed by atoms with Gasteiger partial charge in [-0.15, -0.1) is 0 Å². The zero-order valence-corrected chi connectivity index (χ0v) is 7.68. The van der Waals surface area contributed by atoms with Gasteiger partial charge in [-0.05, 0) is 6.92 Å². The zero-order valence-electron chi connectivity index (χ0n) is 7.68. The fourth-order valence-electron chi connectivity index (χ4n) is 0.944. The number of nitrogens with zero attached hydrogens (tertiary/aromatic N) is 2. The molecule has 0 bridgehead atoms. The number of ether oxygens (including phenoxy) is 1. The molecular formula is C8H8N2O4. The standard InChI is InChI=1S/C8H8N2O4/c1-5-7(10(12)13)3-4-9-8(5)14-6(2)11/h3-4H,1-2H3. The van der Waals surface area contributed by atoms with Crippen molar-refractivity contribution < 1.29 is 14.5 Å². The molecule has 0 aliphatic heterocycles. The molecule has 0 atom stereocenters. The molecule has 0 spiro atoms. The lowest BCUT2D eigenvalue weighted by atomic mass is 10.2. The number of carbonyl (C=O) groups excluding carboxylic acids is 1. The minimum atomic E-state index is -0.555. The highest BCUT2D eigenvalue weighted by Crippen LogP contribution is 2.24. The third-order valence-electron chi connectivity index (χ3n) is 1.57. The molecule has 6 heteroatoms. The van der Waals surface area contributed by atoms with Gasteiger partial charge in [0.25, 0.3) is 5.69 Å². The number of pyridine rings is 1. The van der Waals surface area contributed by atoms with Gasteiger partial charge >= 0.3 is 5.97 Å². The Bertz CT molecular complexity index is 389. The number of aromatic nitrogens is 1. The van der Waals surface area contributed by atoms with Crippen LogP contribution in [0.25, 0.3) is 0 Å². The lowest BCUT2D eigenvalue weighted by molar-refractivity contribution is -0.385. The van der Waals surface area contributed by atoms with Crippen LogP contribution in [0, 0.1) is 17.0 Å². The molecule has 0 N–H and O–H groups in total. The number of hydrogen-bond donors (Lipinski definition) is 0. The first-order valence-electron chi connectivity index (χ1n) is 3.80. The smallest absolute Gasteiger partial charge is 0.309 e. The van der Waals surface area contributed by atoms with E-state index in [0.717, 1.165) is 0 Å². The summed E-state index contributed by atoms with van der Waals surface area (Å²) < 4.78 is 4.68. The summed E-state index contributed by atoms with van der Waals surface area (Å²) in [7, 11) is 0. The van der Waals surface area contributed by atoms with Gasteiger partial charge in [0.1, 0.15) is 0 Å². The summed E-state index contributed by atoms with van der Waals surface area (Å²) >= 11 is 0. The van der Waals surface area contributed by atoms with Crippen molar-refractivity contribution in [1.82, 2.24) is 4.98 Å². The van der Waals surface area contributed by atoms with Crippen LogP contribution in [0.3, 0.4) is 0 Å². The molecule has 0 saturated heterocycles. The van der Waals surface area contributed by atoms with Crippen molar-refractivity contribution >= 4 is 11.7 Å². The molecule has 1 heterocycles. The third kappa shape index (κ3) is 2.03. The molecule has 0 unspecified atom stereocenters. The van der Waals surface area contributed by atoms with Crippen molar-refractivity contribution in [3.05, 3.63) is 27.9 Å². The van der Waals surface area contributed by atoms with E-state index < -0.39 is 10.9 Å². The maximum absolute atomic E-state index is 10.6. The van der Waals surface area contributed by atoms with Crippen molar-refractivity contribution in [2.45, 2.75) is 13.8 Å². The molecule has 74 valence electrons. The number of esters is 1. The second kappa shape index (κ2) is 3.82. The largest absolute Gasteiger partial charge is 0.407 e. The summed E-state index contributed by atoms with van der Waals surface area (Å²) in [6, 6.07) is 1.25. The minimum Gasteiger partial charge on any atom is -0.407 e. The normalized spacial score (nSPS) is 9.57. The van der Waals surface area contributed by atoms with E-state index in [0.29, 0.717) is 0 Å². The number of nitro groups is 1. The van der Waals surface area contributed by atoms with Gasteiger partial charge in [-0.2, -0.15) is 0 Å². The molecule has 0 amide bonds. The lowest BCUT2D eigenvalue weighted by Gasteiger charge is -2.03. The summed E-state index contributed by atoms with van der Waals surface area (Å²) in [6.07, 6.45) is 1.23. The van der Waals surface area contributed by atoms with Crippen LogP contribution in [0.2, 0.25) is 0 Å². The van der Waals surface area contributed by atoms with Crippen molar-refractivity contribution in [2.75, 3.05) is 0 Å². The van der Waals surface area contributed by atoms with E-state index in [9.17, 15) is 14.9 Å². The monoisotopic (exact) mass is 196 g/mol. The quantitative estimate of drug-likeness (QED) is 0.403. The fourth-order valence-corrected chi connectivity index (χ4v) is 0.944. The Balaban J connectivity index is 3.13. The van der Waals surface area contributed by atoms with E-state index in [1.807, 2.05) is 0 Å². The Kier molecular flexibility index (Phi) is 2.76. The zero-order chi connectivity index (χ0) is 10.7. The van der Waals surface area contributed by atoms with Crippen LogP contribution in [0.5, 0.6) is 5.88 Å². The molecule has 0 aromatic carbocycles. The van der Waals surface area contributed by atoms with Crippen LogP contribution < -0.4 is 4.74 Å². The Hall–Kier alpha value is -1.98. The second-order valence-corrected chi connectivity index (χ2v) is 2.61. The van der Waals surface area contributed by atoms with E-state index in [-0.39, 0.29) is 17.1 Å². The molecular weight excluding hydrogens is 188 g/mol. The summed E-state index contributed by atoms with van der Waals surface area (Å²) in [4.78, 5) is 24.3. The van der Waals surface area contributed by atoms with E-state index in [4.69, 9.17) is 0 Å². The Labute approximate surface area is 79.7 Å². The van der Waals surface area contributed by atoms with Crippen LogP contribution in [0.4, 0.5) is 5.69 Å². The van der Waals surface area contributed by atoms with Gasteiger partial charge in [0.2, 0.25) is 5.88 Å². The van der Waals surface area contributed by atoms with Gasteiger partial charge in [-0.25, -0.2) is 4.98 Å². The van der Waals surface area contributed by atoms with Crippen molar-refractivity contribution in [1.29, 1.82) is 0 Å². The maximum atomic E-state index is 10.6. The van der Waals surface area contributed by atoms with E-state index in [1.165, 1.54) is 26.1 Å². The molecule has 1 rings (SSSR count). The first-order chi connectivity index (χ1) is 6.52. The average molecular weight is 196 g/mol. The highest BCUT2D eigenvalue weighted by molar-refractivity contribution is 5.69. The number of rotatable bonds is 2. The van der Waals surface area contributed by atoms with Crippen LogP contribution >= 0.6 is 0 Å². The molecule has 1 aromatic rings. The topological polar surface area (TPSA) is 82.3 Å². The Morgan fingerprint density at radius 2 is 2.29 bits per heavy atom. The predicted molar refractivity (Wildman–Crippen MR) is 46.9 cm³/mol. The van der Waals surface area contributed by atoms with E-state index in [1.54, 1.807) is 0 Å². The molecule has 1 aromatic heterocycles. The minimum absolute atomic E-state index is 0.0216. The van der Waals surface area contributed by atoms with Crippen LogP contribution in [-0.2, 0) is 4.79 Å². The number of carbonyl (C=O) groups is 1. The third-order valence-corrected chi connectivity index (χ3v) is 1.57. The highest BCUT2D eigenvalue weighted by Gasteiger charge is 2.16. The molecule has 0 aliphatic carbocycles. The molecule has 0 saturated carbocycles. The molecule has 0 aliphatic rings. The van der Waals surface area contributed by atoms with Crippen molar-refractivity contribution in [3.8, 4) is 5.88 Å². The Morgan fingerprint density at radius 1 is 1.64 bits per heavy atom. The van der Waals surface area contributed by atoms with Crippen molar-refractivity contribution in [3.63, 3.8) is 0 Å². The molecule has 6 nitrogen and oxygen atoms in total. The van der Waals surface area contributed by atoms with E-state index in [2.05, 4.69) is 9.72 Å². The van der Waals surface area contributed by atoms with Crippen LogP contribution in [0.1, 0.15) is 12.5 Å². The first-order valence-corrected chi connectivity index (χ1v) is 3.80. The highest BCUT2D eigenvalue weighted by atomic mass is 16.6. The van der Waals surface area contributed by atoms with Gasteiger partial charge in [0.15, 0.2) is 0 Å². The van der Waals surface area contributed by atoms with Gasteiger partial charge in [0.05, 0.1) is 10.5 Å². The summed E-state index contributed by atoms with van der Waals surface area (Å²) in [6.45, 7) is 2.68. The fraction of sp³-hybridized carbons (Fsp3) is 0.250. The van der Waals surface area contributed by atoms with E-state index >= 15 is 0 Å². The predicted octanol–water partition coefficient (Wildman–Crippen LogP) is 1.22. The van der Waals surface area contributed by atoms with Crippen LogP contribution in [-0.4, -0.2) is 15.9 Å². The molecule has 14 heavy (non-hydrogen) atoms. The van der Waals surface area contributed by atoms with Gasteiger partial charge in [-0.3, -0.25) is 14.9 Å². The number of hydrogen-bond acceptors (Lipinski definition) is 5. The van der Waals surface area contributed by atoms with Gasteiger partial charge in [0, 0.05) is 19.2 Å². The maximum Gasteiger partial charge on any atom is 0.309 e. The van der Waals surface area contributed by atoms with Gasteiger partial charge < -0.3 is 4.74 Å². The van der Waals surface area contributed by atoms with Gasteiger partial charge in [-0.1, -0.05) is 0 Å². The SMILES string of the molecule is CC(=O)Oc1nccc([N+](=O)[O-])c1C. The second-order valence-electron chi connectivity index (χ2n) is 2.61. The Morgan fingerprint density at radius 3 is 2.79 bits per heavy atom.